The maximum Gasteiger partial charge on any atom is 0.253 e. The first-order chi connectivity index (χ1) is 15.8. The van der Waals surface area contributed by atoms with Gasteiger partial charge in [-0.25, -0.2) is 8.42 Å². The van der Waals surface area contributed by atoms with Crippen molar-refractivity contribution in [3.05, 3.63) is 82.3 Å². The fraction of sp³-hybridized carbons (Fsp3) is 0.240. The molecule has 172 valence electrons. The van der Waals surface area contributed by atoms with Gasteiger partial charge in [-0.3, -0.25) is 4.79 Å². The Hall–Kier alpha value is -2.54. The van der Waals surface area contributed by atoms with Crippen molar-refractivity contribution in [3.63, 3.8) is 0 Å². The lowest BCUT2D eigenvalue weighted by atomic mass is 10.0. The van der Waals surface area contributed by atoms with E-state index in [1.807, 2.05) is 18.2 Å². The molecule has 1 heterocycles. The zero-order valence-corrected chi connectivity index (χ0v) is 20.3. The first-order valence-corrected chi connectivity index (χ1v) is 12.8. The number of carbonyl (C=O) groups excluding carboxylic acids is 1. The summed E-state index contributed by atoms with van der Waals surface area (Å²) in [6.45, 7) is 0.793. The van der Waals surface area contributed by atoms with E-state index in [0.29, 0.717) is 47.3 Å². The minimum absolute atomic E-state index is 0.101. The van der Waals surface area contributed by atoms with Gasteiger partial charge in [0.2, 0.25) is 0 Å². The summed E-state index contributed by atoms with van der Waals surface area (Å²) in [5, 5.41) is 0.457. The van der Waals surface area contributed by atoms with Gasteiger partial charge in [-0.15, -0.1) is 0 Å². The lowest BCUT2D eigenvalue weighted by Crippen LogP contribution is -2.42. The molecule has 0 N–H and O–H groups in total. The first kappa shape index (κ1) is 23.6. The van der Waals surface area contributed by atoms with Crippen LogP contribution in [0.1, 0.15) is 23.2 Å². The van der Waals surface area contributed by atoms with Gasteiger partial charge in [0.05, 0.1) is 27.3 Å². The molecule has 8 heteroatoms. The molecule has 1 amide bonds. The maximum absolute atomic E-state index is 13.0. The number of amides is 1. The number of hydrogen-bond donors (Lipinski definition) is 0. The van der Waals surface area contributed by atoms with Crippen LogP contribution < -0.4 is 4.74 Å². The van der Waals surface area contributed by atoms with Gasteiger partial charge < -0.3 is 9.64 Å². The topological polar surface area (TPSA) is 63.7 Å². The summed E-state index contributed by atoms with van der Waals surface area (Å²) >= 11 is 12.1. The van der Waals surface area contributed by atoms with E-state index in [2.05, 4.69) is 0 Å². The quantitative estimate of drug-likeness (QED) is 0.444. The summed E-state index contributed by atoms with van der Waals surface area (Å²) in [5.41, 5.74) is 2.40. The van der Waals surface area contributed by atoms with Crippen LogP contribution in [0.15, 0.2) is 71.6 Å². The predicted octanol–water partition coefficient (Wildman–Crippen LogP) is 5.75. The smallest absolute Gasteiger partial charge is 0.253 e. The van der Waals surface area contributed by atoms with Crippen molar-refractivity contribution in [3.8, 4) is 16.9 Å². The monoisotopic (exact) mass is 503 g/mol. The van der Waals surface area contributed by atoms with Crippen LogP contribution in [-0.2, 0) is 9.84 Å². The summed E-state index contributed by atoms with van der Waals surface area (Å²) in [6.07, 6.45) is 0.808. The Balaban J connectivity index is 1.41. The Morgan fingerprint density at radius 2 is 1.48 bits per heavy atom. The molecule has 1 saturated heterocycles. The average Bonchev–Trinajstić information content (AvgIpc) is 2.85. The second kappa shape index (κ2) is 9.75. The van der Waals surface area contributed by atoms with E-state index in [-0.39, 0.29) is 10.8 Å². The molecule has 0 radical (unpaired) electrons. The molecule has 3 aromatic rings. The van der Waals surface area contributed by atoms with Gasteiger partial charge in [0.15, 0.2) is 9.84 Å². The standard InChI is InChI=1S/C25H23Cl2NO4S/c1-32-20-7-9-21(10-8-20)33(30,31)22-12-14-28(15-13-22)25(29)18-4-2-17(3-5-18)19-6-11-23(26)24(27)16-19/h2-11,16,22H,12-15H2,1H3. The summed E-state index contributed by atoms with van der Waals surface area (Å²) in [6, 6.07) is 19.1. The molecule has 0 bridgehead atoms. The molecule has 0 atom stereocenters. The zero-order valence-electron chi connectivity index (χ0n) is 18.0. The molecule has 4 rings (SSSR count). The minimum Gasteiger partial charge on any atom is -0.497 e. The third kappa shape index (κ3) is 5.03. The molecular formula is C25H23Cl2NO4S. The van der Waals surface area contributed by atoms with E-state index in [9.17, 15) is 13.2 Å². The lowest BCUT2D eigenvalue weighted by Gasteiger charge is -2.32. The highest BCUT2D eigenvalue weighted by molar-refractivity contribution is 7.92. The number of piperidine rings is 1. The number of likely N-dealkylation sites (tertiary alicyclic amines) is 1. The molecular weight excluding hydrogens is 481 g/mol. The van der Waals surface area contributed by atoms with Gasteiger partial charge in [0, 0.05) is 18.7 Å². The fourth-order valence-corrected chi connectivity index (χ4v) is 6.02. The van der Waals surface area contributed by atoms with E-state index in [1.165, 1.54) is 7.11 Å². The number of methoxy groups -OCH3 is 1. The van der Waals surface area contributed by atoms with Crippen LogP contribution in [0.4, 0.5) is 0 Å². The van der Waals surface area contributed by atoms with E-state index in [1.54, 1.807) is 53.4 Å². The summed E-state index contributed by atoms with van der Waals surface area (Å²) in [5.74, 6) is 0.510. The molecule has 0 aromatic heterocycles. The van der Waals surface area contributed by atoms with Crippen LogP contribution in [0.2, 0.25) is 10.0 Å². The molecule has 0 unspecified atom stereocenters. The number of rotatable bonds is 5. The summed E-state index contributed by atoms with van der Waals surface area (Å²) in [4.78, 5) is 15.0. The normalized spacial score (nSPS) is 14.8. The largest absolute Gasteiger partial charge is 0.497 e. The Bertz CT molecular complexity index is 1250. The van der Waals surface area contributed by atoms with Gasteiger partial charge in [-0.2, -0.15) is 0 Å². The van der Waals surface area contributed by atoms with Crippen LogP contribution in [0.5, 0.6) is 5.75 Å². The van der Waals surface area contributed by atoms with Crippen molar-refractivity contribution in [2.24, 2.45) is 0 Å². The van der Waals surface area contributed by atoms with Crippen molar-refractivity contribution >= 4 is 38.9 Å². The molecule has 1 fully saturated rings. The number of nitrogens with zero attached hydrogens (tertiary/aromatic N) is 1. The molecule has 5 nitrogen and oxygen atoms in total. The Morgan fingerprint density at radius 1 is 0.879 bits per heavy atom. The number of carbonyl (C=O) groups is 1. The van der Waals surface area contributed by atoms with Crippen molar-refractivity contribution < 1.29 is 17.9 Å². The van der Waals surface area contributed by atoms with Crippen molar-refractivity contribution in [2.45, 2.75) is 23.0 Å². The van der Waals surface area contributed by atoms with Crippen LogP contribution in [0, 0.1) is 0 Å². The molecule has 1 aliphatic heterocycles. The van der Waals surface area contributed by atoms with Crippen molar-refractivity contribution in [1.82, 2.24) is 4.90 Å². The Kier molecular flexibility index (Phi) is 6.98. The molecule has 1 aliphatic rings. The number of hydrogen-bond acceptors (Lipinski definition) is 4. The highest BCUT2D eigenvalue weighted by Crippen LogP contribution is 2.30. The number of benzene rings is 3. The molecule has 0 spiro atoms. The van der Waals surface area contributed by atoms with Gasteiger partial charge >= 0.3 is 0 Å². The fourth-order valence-electron chi connectivity index (χ4n) is 3.99. The average molecular weight is 504 g/mol. The third-order valence-electron chi connectivity index (χ3n) is 5.94. The Morgan fingerprint density at radius 3 is 2.06 bits per heavy atom. The second-order valence-electron chi connectivity index (χ2n) is 7.92. The van der Waals surface area contributed by atoms with Crippen LogP contribution in [-0.4, -0.2) is 44.7 Å². The highest BCUT2D eigenvalue weighted by Gasteiger charge is 2.33. The van der Waals surface area contributed by atoms with Gasteiger partial charge in [0.25, 0.3) is 5.91 Å². The van der Waals surface area contributed by atoms with Crippen LogP contribution in [0.25, 0.3) is 11.1 Å². The summed E-state index contributed by atoms with van der Waals surface area (Å²) in [7, 11) is -1.92. The molecule has 0 aliphatic carbocycles. The SMILES string of the molecule is COc1ccc(S(=O)(=O)C2CCN(C(=O)c3ccc(-c4ccc(Cl)c(Cl)c4)cc3)CC2)cc1. The predicted molar refractivity (Wildman–Crippen MR) is 131 cm³/mol. The van der Waals surface area contributed by atoms with Gasteiger partial charge in [-0.1, -0.05) is 41.4 Å². The molecule has 0 saturated carbocycles. The van der Waals surface area contributed by atoms with E-state index >= 15 is 0 Å². The van der Waals surface area contributed by atoms with Gasteiger partial charge in [-0.05, 0) is 72.5 Å². The molecule has 33 heavy (non-hydrogen) atoms. The van der Waals surface area contributed by atoms with Crippen molar-refractivity contribution in [1.29, 1.82) is 0 Å². The zero-order chi connectivity index (χ0) is 23.6. The van der Waals surface area contributed by atoms with E-state index in [0.717, 1.165) is 11.1 Å². The first-order valence-electron chi connectivity index (χ1n) is 10.5. The van der Waals surface area contributed by atoms with E-state index in [4.69, 9.17) is 27.9 Å². The number of sulfone groups is 1. The van der Waals surface area contributed by atoms with Crippen LogP contribution >= 0.6 is 23.2 Å². The van der Waals surface area contributed by atoms with Gasteiger partial charge in [0.1, 0.15) is 5.75 Å². The second-order valence-corrected chi connectivity index (χ2v) is 11.0. The minimum atomic E-state index is -3.46. The van der Waals surface area contributed by atoms with Crippen molar-refractivity contribution in [2.75, 3.05) is 20.2 Å². The van der Waals surface area contributed by atoms with Crippen LogP contribution in [0.3, 0.4) is 0 Å². The summed E-state index contributed by atoms with van der Waals surface area (Å²) < 4.78 is 31.1. The third-order valence-corrected chi connectivity index (χ3v) is 8.96. The Labute approximate surface area is 203 Å². The number of ether oxygens (including phenoxy) is 1. The maximum atomic E-state index is 13.0. The highest BCUT2D eigenvalue weighted by atomic mass is 35.5. The lowest BCUT2D eigenvalue weighted by molar-refractivity contribution is 0.0725. The van der Waals surface area contributed by atoms with E-state index < -0.39 is 15.1 Å². The molecule has 3 aromatic carbocycles. The number of halogens is 2.